The lowest BCUT2D eigenvalue weighted by Gasteiger charge is -2.22. The fraction of sp³-hybridized carbons (Fsp3) is 0.211. The van der Waals surface area contributed by atoms with Crippen LogP contribution in [0.3, 0.4) is 0 Å². The molecule has 5 nitrogen and oxygen atoms in total. The molecule has 1 atom stereocenters. The van der Waals surface area contributed by atoms with Gasteiger partial charge in [-0.3, -0.25) is 4.79 Å². The second-order valence-corrected chi connectivity index (χ2v) is 7.06. The number of thiazole rings is 1. The Kier molecular flexibility index (Phi) is 3.97. The molecule has 126 valence electrons. The van der Waals surface area contributed by atoms with Crippen molar-refractivity contribution in [2.24, 2.45) is 0 Å². The van der Waals surface area contributed by atoms with Crippen LogP contribution in [-0.2, 0) is 11.2 Å². The average molecular weight is 351 g/mol. The molecule has 0 bridgehead atoms. The predicted octanol–water partition coefficient (Wildman–Crippen LogP) is 4.20. The molecule has 2 aromatic carbocycles. The molecule has 0 N–H and O–H groups in total. The van der Waals surface area contributed by atoms with Crippen molar-refractivity contribution in [2.45, 2.75) is 19.4 Å². The van der Waals surface area contributed by atoms with E-state index in [0.717, 1.165) is 20.6 Å². The molecular formula is C19H17N3O2S. The van der Waals surface area contributed by atoms with Gasteiger partial charge in [0.2, 0.25) is 5.91 Å². The van der Waals surface area contributed by atoms with Crippen molar-refractivity contribution in [1.82, 2.24) is 15.0 Å². The molecule has 1 amide bonds. The number of nitrogens with zero attached hydrogens (tertiary/aromatic N) is 3. The number of hydrogen-bond acceptors (Lipinski definition) is 5. The molecule has 2 aromatic heterocycles. The Labute approximate surface area is 148 Å². The Morgan fingerprint density at radius 2 is 1.96 bits per heavy atom. The maximum Gasteiger partial charge on any atom is 0.229 e. The molecule has 0 radical (unpaired) electrons. The van der Waals surface area contributed by atoms with Crippen LogP contribution in [0, 0.1) is 0 Å². The minimum atomic E-state index is -0.0944. The van der Waals surface area contributed by atoms with E-state index in [2.05, 4.69) is 10.1 Å². The average Bonchev–Trinajstić information content (AvgIpc) is 3.25. The van der Waals surface area contributed by atoms with Crippen LogP contribution in [0.1, 0.15) is 23.7 Å². The molecule has 0 aliphatic heterocycles. The van der Waals surface area contributed by atoms with Gasteiger partial charge in [-0.15, -0.1) is 11.3 Å². The summed E-state index contributed by atoms with van der Waals surface area (Å²) in [4.78, 5) is 19.1. The van der Waals surface area contributed by atoms with Gasteiger partial charge in [0.05, 0.1) is 22.7 Å². The lowest BCUT2D eigenvalue weighted by Crippen LogP contribution is -2.31. The molecule has 0 aliphatic carbocycles. The Balaban J connectivity index is 1.55. The summed E-state index contributed by atoms with van der Waals surface area (Å²) < 4.78 is 6.42. The van der Waals surface area contributed by atoms with E-state index < -0.39 is 0 Å². The van der Waals surface area contributed by atoms with E-state index in [1.165, 1.54) is 0 Å². The fourth-order valence-corrected chi connectivity index (χ4v) is 3.85. The summed E-state index contributed by atoms with van der Waals surface area (Å²) in [5, 5.41) is 5.87. The van der Waals surface area contributed by atoms with Crippen molar-refractivity contribution in [3.05, 3.63) is 59.2 Å². The maximum absolute atomic E-state index is 12.7. The molecule has 0 saturated heterocycles. The molecule has 0 saturated carbocycles. The number of benzene rings is 2. The number of carbonyl (C=O) groups is 1. The quantitative estimate of drug-likeness (QED) is 0.553. The summed E-state index contributed by atoms with van der Waals surface area (Å²) >= 11 is 1.62. The van der Waals surface area contributed by atoms with Gasteiger partial charge in [0.15, 0.2) is 5.58 Å². The van der Waals surface area contributed by atoms with Gasteiger partial charge in [-0.05, 0) is 31.2 Å². The van der Waals surface area contributed by atoms with Gasteiger partial charge >= 0.3 is 0 Å². The van der Waals surface area contributed by atoms with Gasteiger partial charge in [-0.1, -0.05) is 29.4 Å². The summed E-state index contributed by atoms with van der Waals surface area (Å²) in [6, 6.07) is 15.5. The molecule has 1 unspecified atom stereocenters. The molecule has 4 aromatic rings. The molecule has 25 heavy (non-hydrogen) atoms. The SMILES string of the molecule is CC(c1nc2ccccc2s1)N(C)C(=O)Cc1noc2ccccc12. The Morgan fingerprint density at radius 1 is 1.20 bits per heavy atom. The fourth-order valence-electron chi connectivity index (χ4n) is 2.78. The van der Waals surface area contributed by atoms with Gasteiger partial charge in [-0.25, -0.2) is 4.98 Å². The number of para-hydroxylation sites is 2. The van der Waals surface area contributed by atoms with E-state index in [0.29, 0.717) is 11.3 Å². The Morgan fingerprint density at radius 3 is 2.80 bits per heavy atom. The first-order chi connectivity index (χ1) is 12.1. The maximum atomic E-state index is 12.7. The molecule has 0 fully saturated rings. The molecule has 0 aliphatic rings. The highest BCUT2D eigenvalue weighted by atomic mass is 32.1. The van der Waals surface area contributed by atoms with Gasteiger partial charge in [0.1, 0.15) is 10.7 Å². The van der Waals surface area contributed by atoms with Crippen LogP contribution in [0.2, 0.25) is 0 Å². The Bertz CT molecular complexity index is 1020. The molecule has 4 rings (SSSR count). The van der Waals surface area contributed by atoms with Crippen molar-refractivity contribution in [1.29, 1.82) is 0 Å². The van der Waals surface area contributed by atoms with Crippen LogP contribution in [0.25, 0.3) is 21.2 Å². The first-order valence-electron chi connectivity index (χ1n) is 8.08. The topological polar surface area (TPSA) is 59.2 Å². The van der Waals surface area contributed by atoms with Gasteiger partial charge in [0, 0.05) is 12.4 Å². The first kappa shape index (κ1) is 15.8. The zero-order chi connectivity index (χ0) is 17.4. The lowest BCUT2D eigenvalue weighted by atomic mass is 10.1. The van der Waals surface area contributed by atoms with E-state index >= 15 is 0 Å². The van der Waals surface area contributed by atoms with Crippen molar-refractivity contribution < 1.29 is 9.32 Å². The van der Waals surface area contributed by atoms with Gasteiger partial charge in [0.25, 0.3) is 0 Å². The Hall–Kier alpha value is -2.73. The van der Waals surface area contributed by atoms with Gasteiger partial charge in [-0.2, -0.15) is 0 Å². The van der Waals surface area contributed by atoms with Crippen molar-refractivity contribution in [3.63, 3.8) is 0 Å². The lowest BCUT2D eigenvalue weighted by molar-refractivity contribution is -0.131. The number of hydrogen-bond donors (Lipinski definition) is 0. The summed E-state index contributed by atoms with van der Waals surface area (Å²) in [5.74, 6) is -0.00851. The highest BCUT2D eigenvalue weighted by Gasteiger charge is 2.22. The zero-order valence-electron chi connectivity index (χ0n) is 14.0. The standard InChI is InChI=1S/C19H17N3O2S/c1-12(19-20-14-8-4-6-10-17(14)25-19)22(2)18(23)11-15-13-7-3-5-9-16(13)24-21-15/h3-10,12H,11H2,1-2H3. The van der Waals surface area contributed by atoms with E-state index in [4.69, 9.17) is 4.52 Å². The first-order valence-corrected chi connectivity index (χ1v) is 8.89. The third-order valence-corrected chi connectivity index (χ3v) is 5.62. The smallest absolute Gasteiger partial charge is 0.229 e. The zero-order valence-corrected chi connectivity index (χ0v) is 14.8. The van der Waals surface area contributed by atoms with E-state index in [1.54, 1.807) is 23.3 Å². The van der Waals surface area contributed by atoms with Crippen LogP contribution in [0.5, 0.6) is 0 Å². The number of rotatable bonds is 4. The largest absolute Gasteiger partial charge is 0.356 e. The summed E-state index contributed by atoms with van der Waals surface area (Å²) in [5.41, 5.74) is 2.34. The van der Waals surface area contributed by atoms with Crippen LogP contribution in [0.4, 0.5) is 0 Å². The summed E-state index contributed by atoms with van der Waals surface area (Å²) in [7, 11) is 1.81. The number of carbonyl (C=O) groups excluding carboxylic acids is 1. The second kappa shape index (κ2) is 6.29. The summed E-state index contributed by atoms with van der Waals surface area (Å²) in [6.07, 6.45) is 0.211. The number of amides is 1. The molecule has 6 heteroatoms. The monoisotopic (exact) mass is 351 g/mol. The third-order valence-electron chi connectivity index (χ3n) is 4.41. The minimum absolute atomic E-state index is 0.00851. The van der Waals surface area contributed by atoms with Crippen LogP contribution < -0.4 is 0 Å². The summed E-state index contributed by atoms with van der Waals surface area (Å²) in [6.45, 7) is 2.00. The predicted molar refractivity (Wildman–Crippen MR) is 98.5 cm³/mol. The molecular weight excluding hydrogens is 334 g/mol. The molecule has 2 heterocycles. The normalized spacial score (nSPS) is 12.6. The van der Waals surface area contributed by atoms with Crippen LogP contribution >= 0.6 is 11.3 Å². The highest BCUT2D eigenvalue weighted by molar-refractivity contribution is 7.18. The minimum Gasteiger partial charge on any atom is -0.356 e. The van der Waals surface area contributed by atoms with E-state index in [1.807, 2.05) is 55.5 Å². The number of fused-ring (bicyclic) bond motifs is 2. The van der Waals surface area contributed by atoms with E-state index in [-0.39, 0.29) is 18.4 Å². The van der Waals surface area contributed by atoms with Crippen molar-refractivity contribution >= 4 is 38.4 Å². The van der Waals surface area contributed by atoms with Crippen LogP contribution in [-0.4, -0.2) is 28.0 Å². The molecule has 0 spiro atoms. The van der Waals surface area contributed by atoms with Crippen molar-refractivity contribution in [3.8, 4) is 0 Å². The number of likely N-dealkylation sites (N-methyl/N-ethyl adjacent to an activating group) is 1. The van der Waals surface area contributed by atoms with Gasteiger partial charge < -0.3 is 9.42 Å². The van der Waals surface area contributed by atoms with Crippen molar-refractivity contribution in [2.75, 3.05) is 7.05 Å². The highest BCUT2D eigenvalue weighted by Crippen LogP contribution is 2.29. The van der Waals surface area contributed by atoms with Crippen LogP contribution in [0.15, 0.2) is 53.1 Å². The van der Waals surface area contributed by atoms with E-state index in [9.17, 15) is 4.79 Å². The number of aromatic nitrogens is 2. The third kappa shape index (κ3) is 2.89. The second-order valence-electron chi connectivity index (χ2n) is 6.00.